The van der Waals surface area contributed by atoms with Crippen LogP contribution in [0.3, 0.4) is 0 Å². The van der Waals surface area contributed by atoms with E-state index in [0.717, 1.165) is 17.5 Å². The first-order chi connectivity index (χ1) is 10.1. The zero-order chi connectivity index (χ0) is 14.8. The van der Waals surface area contributed by atoms with Crippen LogP contribution in [0.2, 0.25) is 0 Å². The smallest absolute Gasteiger partial charge is 0.143 e. The van der Waals surface area contributed by atoms with Crippen LogP contribution in [0.1, 0.15) is 38.7 Å². The fraction of sp³-hybridized carbons (Fsp3) is 0.562. The van der Waals surface area contributed by atoms with Crippen molar-refractivity contribution in [1.29, 1.82) is 0 Å². The maximum Gasteiger partial charge on any atom is 0.143 e. The molecular weight excluding hydrogens is 262 g/mol. The fourth-order valence-corrected chi connectivity index (χ4v) is 3.27. The van der Waals surface area contributed by atoms with Crippen molar-refractivity contribution in [3.8, 4) is 5.69 Å². The van der Waals surface area contributed by atoms with Crippen LogP contribution in [0, 0.1) is 18.8 Å². The second kappa shape index (κ2) is 5.84. The average Bonchev–Trinajstić information content (AvgIpc) is 2.98. The summed E-state index contributed by atoms with van der Waals surface area (Å²) in [5.74, 6) is 1.52. The molecule has 5 heteroatoms. The Balaban J connectivity index is 1.76. The Kier molecular flexibility index (Phi) is 3.90. The van der Waals surface area contributed by atoms with Crippen LogP contribution in [-0.4, -0.2) is 26.2 Å². The first kappa shape index (κ1) is 14.0. The first-order valence-electron chi connectivity index (χ1n) is 7.75. The van der Waals surface area contributed by atoms with Gasteiger partial charge in [0.2, 0.25) is 0 Å². The van der Waals surface area contributed by atoms with E-state index in [-0.39, 0.29) is 0 Å². The number of aromatic nitrogens is 4. The Morgan fingerprint density at radius 3 is 2.81 bits per heavy atom. The van der Waals surface area contributed by atoms with Gasteiger partial charge < -0.3 is 5.32 Å². The monoisotopic (exact) mass is 285 g/mol. The van der Waals surface area contributed by atoms with Gasteiger partial charge in [-0.1, -0.05) is 26.7 Å². The predicted molar refractivity (Wildman–Crippen MR) is 83.5 cm³/mol. The lowest BCUT2D eigenvalue weighted by atomic mass is 9.78. The molecule has 5 nitrogen and oxygen atoms in total. The Labute approximate surface area is 125 Å². The summed E-state index contributed by atoms with van der Waals surface area (Å²) in [6, 6.07) is 6.95. The number of benzene rings is 1. The van der Waals surface area contributed by atoms with E-state index >= 15 is 0 Å². The summed E-state index contributed by atoms with van der Waals surface area (Å²) < 4.78 is 1.70. The highest BCUT2D eigenvalue weighted by Gasteiger charge is 2.26. The third-order valence-corrected chi connectivity index (χ3v) is 4.85. The van der Waals surface area contributed by atoms with Gasteiger partial charge in [0, 0.05) is 11.7 Å². The molecule has 3 unspecified atom stereocenters. The third kappa shape index (κ3) is 2.91. The summed E-state index contributed by atoms with van der Waals surface area (Å²) in [4.78, 5) is 0. The number of anilines is 1. The van der Waals surface area contributed by atoms with Crippen molar-refractivity contribution in [2.24, 2.45) is 11.8 Å². The van der Waals surface area contributed by atoms with Gasteiger partial charge in [0.25, 0.3) is 0 Å². The standard InChI is InChI=1S/C16H23N5/c1-11-5-4-6-15(13(11)3)18-14-7-8-16(12(2)9-14)21-10-17-19-20-21/h7-11,13,15,18H,4-6H2,1-3H3. The van der Waals surface area contributed by atoms with E-state index in [9.17, 15) is 0 Å². The molecule has 1 heterocycles. The van der Waals surface area contributed by atoms with Crippen LogP contribution in [-0.2, 0) is 0 Å². The van der Waals surface area contributed by atoms with Gasteiger partial charge in [0.15, 0.2) is 0 Å². The van der Waals surface area contributed by atoms with Crippen LogP contribution in [0.5, 0.6) is 0 Å². The Bertz CT molecular complexity index is 593. The molecule has 0 radical (unpaired) electrons. The molecule has 0 amide bonds. The Hall–Kier alpha value is -1.91. The van der Waals surface area contributed by atoms with Crippen molar-refractivity contribution in [1.82, 2.24) is 20.2 Å². The van der Waals surface area contributed by atoms with Crippen LogP contribution < -0.4 is 5.32 Å². The van der Waals surface area contributed by atoms with Gasteiger partial charge in [-0.05, 0) is 59.4 Å². The topological polar surface area (TPSA) is 55.6 Å². The van der Waals surface area contributed by atoms with Gasteiger partial charge in [0.1, 0.15) is 6.33 Å². The summed E-state index contributed by atoms with van der Waals surface area (Å²) in [6.07, 6.45) is 5.57. The minimum atomic E-state index is 0.576. The molecule has 1 aromatic heterocycles. The summed E-state index contributed by atoms with van der Waals surface area (Å²) in [7, 11) is 0. The molecule has 3 atom stereocenters. The summed E-state index contributed by atoms with van der Waals surface area (Å²) in [5.41, 5.74) is 3.38. The number of nitrogens with one attached hydrogen (secondary N) is 1. The van der Waals surface area contributed by atoms with Crippen molar-refractivity contribution in [3.63, 3.8) is 0 Å². The quantitative estimate of drug-likeness (QED) is 0.941. The van der Waals surface area contributed by atoms with Crippen molar-refractivity contribution < 1.29 is 0 Å². The van der Waals surface area contributed by atoms with Crippen LogP contribution in [0.4, 0.5) is 5.69 Å². The van der Waals surface area contributed by atoms with E-state index in [1.807, 2.05) is 0 Å². The third-order valence-electron chi connectivity index (χ3n) is 4.85. The molecule has 21 heavy (non-hydrogen) atoms. The normalized spacial score (nSPS) is 25.8. The van der Waals surface area contributed by atoms with E-state index in [0.29, 0.717) is 6.04 Å². The second-order valence-corrected chi connectivity index (χ2v) is 6.27. The maximum absolute atomic E-state index is 3.95. The Morgan fingerprint density at radius 2 is 2.10 bits per heavy atom. The van der Waals surface area contributed by atoms with Gasteiger partial charge >= 0.3 is 0 Å². The second-order valence-electron chi connectivity index (χ2n) is 6.27. The lowest BCUT2D eigenvalue weighted by Gasteiger charge is -2.35. The minimum absolute atomic E-state index is 0.576. The summed E-state index contributed by atoms with van der Waals surface area (Å²) >= 11 is 0. The zero-order valence-electron chi connectivity index (χ0n) is 13.0. The number of hydrogen-bond donors (Lipinski definition) is 1. The number of hydrogen-bond acceptors (Lipinski definition) is 4. The lowest BCUT2D eigenvalue weighted by Crippen LogP contribution is -2.35. The van der Waals surface area contributed by atoms with E-state index in [1.165, 1.54) is 30.5 Å². The SMILES string of the molecule is Cc1cc(NC2CCCC(C)C2C)ccc1-n1cnnn1. The Morgan fingerprint density at radius 1 is 1.24 bits per heavy atom. The van der Waals surface area contributed by atoms with Crippen LogP contribution in [0.25, 0.3) is 5.69 Å². The summed E-state index contributed by atoms with van der Waals surface area (Å²) in [6.45, 7) is 6.82. The molecule has 0 spiro atoms. The van der Waals surface area contributed by atoms with Crippen molar-refractivity contribution in [2.75, 3.05) is 5.32 Å². The molecular formula is C16H23N5. The molecule has 0 saturated heterocycles. The number of tetrazole rings is 1. The minimum Gasteiger partial charge on any atom is -0.382 e. The number of aryl methyl sites for hydroxylation is 1. The molecule has 1 aliphatic carbocycles. The molecule has 1 aliphatic rings. The van der Waals surface area contributed by atoms with Gasteiger partial charge in [-0.2, -0.15) is 0 Å². The van der Waals surface area contributed by atoms with Gasteiger partial charge in [-0.3, -0.25) is 0 Å². The van der Waals surface area contributed by atoms with Gasteiger partial charge in [-0.15, -0.1) is 5.10 Å². The first-order valence-corrected chi connectivity index (χ1v) is 7.75. The van der Waals surface area contributed by atoms with E-state index in [4.69, 9.17) is 0 Å². The largest absolute Gasteiger partial charge is 0.382 e. The average molecular weight is 285 g/mol. The van der Waals surface area contributed by atoms with Gasteiger partial charge in [-0.25, -0.2) is 4.68 Å². The predicted octanol–water partition coefficient (Wildman–Crippen LogP) is 3.21. The maximum atomic E-state index is 3.95. The highest BCUT2D eigenvalue weighted by atomic mass is 15.5. The van der Waals surface area contributed by atoms with E-state index in [1.54, 1.807) is 11.0 Å². The van der Waals surface area contributed by atoms with Crippen LogP contribution in [0.15, 0.2) is 24.5 Å². The lowest BCUT2D eigenvalue weighted by molar-refractivity contribution is 0.253. The van der Waals surface area contributed by atoms with Crippen molar-refractivity contribution in [2.45, 2.75) is 46.1 Å². The molecule has 1 saturated carbocycles. The van der Waals surface area contributed by atoms with Gasteiger partial charge in [0.05, 0.1) is 5.69 Å². The highest BCUT2D eigenvalue weighted by molar-refractivity contribution is 5.53. The molecule has 0 bridgehead atoms. The molecule has 0 aliphatic heterocycles. The van der Waals surface area contributed by atoms with Crippen molar-refractivity contribution >= 4 is 5.69 Å². The highest BCUT2D eigenvalue weighted by Crippen LogP contribution is 2.32. The number of rotatable bonds is 3. The molecule has 112 valence electrons. The molecule has 1 N–H and O–H groups in total. The van der Waals surface area contributed by atoms with Crippen molar-refractivity contribution in [3.05, 3.63) is 30.1 Å². The van der Waals surface area contributed by atoms with E-state index in [2.05, 4.69) is 59.8 Å². The fourth-order valence-electron chi connectivity index (χ4n) is 3.27. The molecule has 1 fully saturated rings. The molecule has 3 rings (SSSR count). The van der Waals surface area contributed by atoms with E-state index < -0.39 is 0 Å². The zero-order valence-corrected chi connectivity index (χ0v) is 13.0. The number of nitrogens with zero attached hydrogens (tertiary/aromatic N) is 4. The molecule has 2 aromatic rings. The molecule has 1 aromatic carbocycles. The van der Waals surface area contributed by atoms with Crippen LogP contribution >= 0.6 is 0 Å². The summed E-state index contributed by atoms with van der Waals surface area (Å²) in [5, 5.41) is 15.0.